The second kappa shape index (κ2) is 10.8. The molecule has 5 nitrogen and oxygen atoms in total. The second-order valence-corrected chi connectivity index (χ2v) is 12.2. The summed E-state index contributed by atoms with van der Waals surface area (Å²) in [7, 11) is 1.64. The summed E-state index contributed by atoms with van der Waals surface area (Å²) in [5.74, 6) is 5.19. The standard InChI is InChI=1S/C33H45NO4/c1-6-34(7-2)32(36)22-8-13-29(30(20-22)37-5)38-17-15-24-9-12-28-31-21(3)18-23-19-25(35)10-11-26(23)27(31)14-16-33(24,28)4/h8,10-11,13,19-21,24,27-28,31,35H,6-7,9,12,14-18H2,1-5H3/t21-,24-,27-,28+,31-,33-/m1/s1. The Morgan fingerprint density at radius 1 is 1.08 bits per heavy atom. The van der Waals surface area contributed by atoms with E-state index in [1.54, 1.807) is 7.11 Å². The average Bonchev–Trinajstić information content (AvgIpc) is 3.25. The number of hydrogen-bond donors (Lipinski definition) is 1. The third kappa shape index (κ3) is 4.67. The molecular formula is C33H45NO4. The molecule has 1 N–H and O–H groups in total. The average molecular weight is 520 g/mol. The highest BCUT2D eigenvalue weighted by molar-refractivity contribution is 5.94. The highest BCUT2D eigenvalue weighted by Crippen LogP contribution is 2.64. The van der Waals surface area contributed by atoms with E-state index in [4.69, 9.17) is 9.47 Å². The minimum atomic E-state index is 0.0248. The normalized spacial score (nSPS) is 29.7. The number of amides is 1. The number of phenols is 1. The van der Waals surface area contributed by atoms with Gasteiger partial charge in [-0.1, -0.05) is 19.9 Å². The van der Waals surface area contributed by atoms with Crippen LogP contribution in [0.4, 0.5) is 0 Å². The molecule has 0 radical (unpaired) electrons. The Morgan fingerprint density at radius 2 is 1.87 bits per heavy atom. The maximum Gasteiger partial charge on any atom is 0.253 e. The van der Waals surface area contributed by atoms with E-state index in [0.29, 0.717) is 65.7 Å². The fraction of sp³-hybridized carbons (Fsp3) is 0.606. The quantitative estimate of drug-likeness (QED) is 0.405. The van der Waals surface area contributed by atoms with Gasteiger partial charge in [0.25, 0.3) is 5.91 Å². The van der Waals surface area contributed by atoms with Crippen molar-refractivity contribution in [3.05, 3.63) is 53.1 Å². The van der Waals surface area contributed by atoms with Crippen LogP contribution in [-0.4, -0.2) is 42.7 Å². The van der Waals surface area contributed by atoms with Crippen LogP contribution in [0.5, 0.6) is 17.2 Å². The number of ether oxygens (including phenoxy) is 2. The van der Waals surface area contributed by atoms with Crippen LogP contribution in [0.3, 0.4) is 0 Å². The Balaban J connectivity index is 1.25. The van der Waals surface area contributed by atoms with Crippen LogP contribution in [0.15, 0.2) is 36.4 Å². The van der Waals surface area contributed by atoms with Gasteiger partial charge in [-0.3, -0.25) is 4.79 Å². The van der Waals surface area contributed by atoms with Gasteiger partial charge in [-0.15, -0.1) is 0 Å². The largest absolute Gasteiger partial charge is 0.508 e. The molecule has 2 fully saturated rings. The lowest BCUT2D eigenvalue weighted by atomic mass is 9.51. The molecule has 206 valence electrons. The van der Waals surface area contributed by atoms with Crippen molar-refractivity contribution in [3.63, 3.8) is 0 Å². The van der Waals surface area contributed by atoms with Gasteiger partial charge in [-0.25, -0.2) is 0 Å². The van der Waals surface area contributed by atoms with Gasteiger partial charge in [0.1, 0.15) is 5.75 Å². The van der Waals surface area contributed by atoms with E-state index in [1.807, 2.05) is 49.1 Å². The van der Waals surface area contributed by atoms with Gasteiger partial charge in [0.15, 0.2) is 11.5 Å². The smallest absolute Gasteiger partial charge is 0.253 e. The zero-order valence-electron chi connectivity index (χ0n) is 23.8. The molecule has 0 bridgehead atoms. The van der Waals surface area contributed by atoms with Crippen LogP contribution >= 0.6 is 0 Å². The van der Waals surface area contributed by atoms with Gasteiger partial charge in [0.2, 0.25) is 0 Å². The van der Waals surface area contributed by atoms with Crippen molar-refractivity contribution in [1.29, 1.82) is 0 Å². The molecule has 5 heteroatoms. The molecule has 5 rings (SSSR count). The number of rotatable bonds is 8. The van der Waals surface area contributed by atoms with Gasteiger partial charge in [0, 0.05) is 18.7 Å². The maximum absolute atomic E-state index is 12.8. The number of carbonyl (C=O) groups is 1. The Bertz CT molecular complexity index is 1160. The number of carbonyl (C=O) groups excluding carboxylic acids is 1. The van der Waals surface area contributed by atoms with Crippen LogP contribution in [0, 0.1) is 29.1 Å². The monoisotopic (exact) mass is 519 g/mol. The van der Waals surface area contributed by atoms with E-state index in [0.717, 1.165) is 24.7 Å². The molecule has 38 heavy (non-hydrogen) atoms. The molecule has 3 aliphatic rings. The predicted molar refractivity (Wildman–Crippen MR) is 151 cm³/mol. The summed E-state index contributed by atoms with van der Waals surface area (Å²) < 4.78 is 11.9. The Hall–Kier alpha value is -2.69. The summed E-state index contributed by atoms with van der Waals surface area (Å²) in [5, 5.41) is 10.0. The molecule has 0 spiro atoms. The maximum atomic E-state index is 12.8. The van der Waals surface area contributed by atoms with E-state index in [2.05, 4.69) is 19.9 Å². The molecule has 0 aliphatic heterocycles. The Kier molecular flexibility index (Phi) is 7.66. The summed E-state index contributed by atoms with van der Waals surface area (Å²) in [6, 6.07) is 11.6. The van der Waals surface area contributed by atoms with Crippen molar-refractivity contribution in [1.82, 2.24) is 4.90 Å². The highest BCUT2D eigenvalue weighted by Gasteiger charge is 2.55. The van der Waals surface area contributed by atoms with E-state index in [-0.39, 0.29) is 5.91 Å². The summed E-state index contributed by atoms with van der Waals surface area (Å²) in [6.07, 6.45) is 7.22. The lowest BCUT2D eigenvalue weighted by molar-refractivity contribution is 0.000862. The van der Waals surface area contributed by atoms with Gasteiger partial charge >= 0.3 is 0 Å². The Morgan fingerprint density at radius 3 is 2.61 bits per heavy atom. The van der Waals surface area contributed by atoms with E-state index >= 15 is 0 Å². The van der Waals surface area contributed by atoms with E-state index in [1.165, 1.54) is 36.8 Å². The number of aromatic hydroxyl groups is 1. The molecule has 0 heterocycles. The number of fused-ring (bicyclic) bond motifs is 5. The second-order valence-electron chi connectivity index (χ2n) is 12.2. The van der Waals surface area contributed by atoms with Crippen molar-refractivity contribution < 1.29 is 19.4 Å². The predicted octanol–water partition coefficient (Wildman–Crippen LogP) is 7.07. The van der Waals surface area contributed by atoms with Crippen molar-refractivity contribution >= 4 is 5.91 Å². The molecule has 0 aromatic heterocycles. The van der Waals surface area contributed by atoms with Crippen LogP contribution in [-0.2, 0) is 6.42 Å². The molecule has 2 aromatic rings. The SMILES string of the molecule is CCN(CC)C(=O)c1ccc(OCC[C@H]2CC[C@H]3[C@@H]4[C@H](C)Cc5cc(O)ccc5[C@H]4CC[C@]23C)c(OC)c1. The van der Waals surface area contributed by atoms with Gasteiger partial charge in [0.05, 0.1) is 13.7 Å². The van der Waals surface area contributed by atoms with Gasteiger partial charge in [-0.2, -0.15) is 0 Å². The molecule has 3 aliphatic carbocycles. The summed E-state index contributed by atoms with van der Waals surface area (Å²) in [6.45, 7) is 11.0. The molecular weight excluding hydrogens is 474 g/mol. The van der Waals surface area contributed by atoms with Gasteiger partial charge in [-0.05, 0) is 129 Å². The van der Waals surface area contributed by atoms with Crippen LogP contribution in [0.1, 0.15) is 87.2 Å². The number of phenolic OH excluding ortho intramolecular Hbond substituents is 1. The minimum Gasteiger partial charge on any atom is -0.508 e. The highest BCUT2D eigenvalue weighted by atomic mass is 16.5. The first-order chi connectivity index (χ1) is 18.3. The lowest BCUT2D eigenvalue weighted by Crippen LogP contribution is -2.45. The molecule has 0 unspecified atom stereocenters. The molecule has 0 saturated heterocycles. The number of benzene rings is 2. The van der Waals surface area contributed by atoms with Crippen molar-refractivity contribution in [2.24, 2.45) is 29.1 Å². The summed E-state index contributed by atoms with van der Waals surface area (Å²) in [5.41, 5.74) is 3.86. The third-order valence-electron chi connectivity index (χ3n) is 10.4. The molecule has 1 amide bonds. The zero-order valence-corrected chi connectivity index (χ0v) is 23.8. The fourth-order valence-electron chi connectivity index (χ4n) is 8.47. The zero-order chi connectivity index (χ0) is 27.0. The van der Waals surface area contributed by atoms with Crippen LogP contribution in [0.25, 0.3) is 0 Å². The summed E-state index contributed by atoms with van der Waals surface area (Å²) >= 11 is 0. The number of hydrogen-bond acceptors (Lipinski definition) is 4. The molecule has 6 atom stereocenters. The third-order valence-corrected chi connectivity index (χ3v) is 10.4. The first kappa shape index (κ1) is 26.9. The van der Waals surface area contributed by atoms with Crippen molar-refractivity contribution in [2.75, 3.05) is 26.8 Å². The minimum absolute atomic E-state index is 0.0248. The first-order valence-corrected chi connectivity index (χ1v) is 14.7. The fourth-order valence-corrected chi connectivity index (χ4v) is 8.47. The summed E-state index contributed by atoms with van der Waals surface area (Å²) in [4.78, 5) is 14.6. The van der Waals surface area contributed by atoms with Gasteiger partial charge < -0.3 is 19.5 Å². The van der Waals surface area contributed by atoms with E-state index in [9.17, 15) is 9.90 Å². The topological polar surface area (TPSA) is 59.0 Å². The van der Waals surface area contributed by atoms with Crippen LogP contribution in [0.2, 0.25) is 0 Å². The van der Waals surface area contributed by atoms with Crippen molar-refractivity contribution in [3.8, 4) is 17.2 Å². The molecule has 2 saturated carbocycles. The first-order valence-electron chi connectivity index (χ1n) is 14.7. The molecule has 2 aromatic carbocycles. The Labute approximate surface area is 228 Å². The van der Waals surface area contributed by atoms with Crippen molar-refractivity contribution in [2.45, 2.75) is 72.1 Å². The lowest BCUT2D eigenvalue weighted by Gasteiger charge is -2.53. The number of nitrogens with zero attached hydrogens (tertiary/aromatic N) is 1. The van der Waals surface area contributed by atoms with Crippen LogP contribution < -0.4 is 9.47 Å². The van der Waals surface area contributed by atoms with E-state index < -0.39 is 0 Å². The number of methoxy groups -OCH3 is 1.